The van der Waals surface area contributed by atoms with Crippen molar-refractivity contribution in [1.29, 1.82) is 0 Å². The fourth-order valence-electron chi connectivity index (χ4n) is 5.54. The summed E-state index contributed by atoms with van der Waals surface area (Å²) in [6, 6.07) is 13.9. The highest BCUT2D eigenvalue weighted by Crippen LogP contribution is 2.30. The number of hydrogen-bond donors (Lipinski definition) is 0. The van der Waals surface area contributed by atoms with Gasteiger partial charge in [0.1, 0.15) is 23.8 Å². The summed E-state index contributed by atoms with van der Waals surface area (Å²) < 4.78 is 23.9. The van der Waals surface area contributed by atoms with Gasteiger partial charge < -0.3 is 23.8 Å². The molecule has 2 heterocycles. The number of ether oxygens (including phenoxy) is 4. The van der Waals surface area contributed by atoms with Crippen molar-refractivity contribution in [2.24, 2.45) is 10.1 Å². The van der Waals surface area contributed by atoms with E-state index in [1.807, 2.05) is 37.3 Å². The van der Waals surface area contributed by atoms with Crippen molar-refractivity contribution in [1.82, 2.24) is 9.66 Å². The molecule has 0 spiro atoms. The van der Waals surface area contributed by atoms with E-state index < -0.39 is 0 Å². The fraction of sp³-hybridized carbons (Fsp3) is 0.471. The number of hydrogen-bond acceptors (Lipinski definition) is 9. The Hall–Kier alpha value is -3.86. The summed E-state index contributed by atoms with van der Waals surface area (Å²) in [7, 11) is 1.72. The Morgan fingerprint density at radius 3 is 2.57 bits per heavy atom. The maximum Gasteiger partial charge on any atom is 0.277 e. The predicted octanol–water partition coefficient (Wildman–Crippen LogP) is 4.72. The van der Waals surface area contributed by atoms with Gasteiger partial charge in [-0.05, 0) is 82.3 Å². The molecule has 1 aliphatic heterocycles. The van der Waals surface area contributed by atoms with Crippen LogP contribution in [-0.2, 0) is 27.1 Å². The van der Waals surface area contributed by atoms with Crippen LogP contribution < -0.4 is 15.2 Å². The Balaban J connectivity index is 1.51. The number of nitrogens with zero attached hydrogens (tertiary/aromatic N) is 5. The summed E-state index contributed by atoms with van der Waals surface area (Å²) in [5.41, 5.74) is 6.27. The number of aryl methyl sites for hydroxylation is 2. The highest BCUT2D eigenvalue weighted by atomic mass is 16.5. The molecule has 1 aromatic heterocycles. The lowest BCUT2D eigenvalue weighted by Gasteiger charge is -2.23. The van der Waals surface area contributed by atoms with Crippen LogP contribution in [0.4, 0.5) is 11.4 Å². The number of likely N-dealkylation sites (N-methyl/N-ethyl adjacent to an activating group) is 1. The first-order chi connectivity index (χ1) is 21.5. The molecule has 3 aromatic rings. The molecule has 44 heavy (non-hydrogen) atoms. The maximum atomic E-state index is 13.7. The average molecular weight is 602 g/mol. The molecule has 0 bridgehead atoms. The van der Waals surface area contributed by atoms with Gasteiger partial charge in [-0.3, -0.25) is 4.79 Å². The molecule has 0 saturated heterocycles. The van der Waals surface area contributed by atoms with Gasteiger partial charge in [0, 0.05) is 43.6 Å². The Labute approximate surface area is 259 Å². The summed E-state index contributed by atoms with van der Waals surface area (Å²) in [6.45, 7) is 11.0. The monoisotopic (exact) mass is 601 g/mol. The smallest absolute Gasteiger partial charge is 0.277 e. The molecule has 0 radical (unpaired) electrons. The summed E-state index contributed by atoms with van der Waals surface area (Å²) in [5, 5.41) is 4.85. The highest BCUT2D eigenvalue weighted by molar-refractivity contribution is 6.54. The minimum atomic E-state index is -0.114. The van der Waals surface area contributed by atoms with Gasteiger partial charge in [0.05, 0.1) is 37.8 Å². The molecular weight excluding hydrogens is 558 g/mol. The lowest BCUT2D eigenvalue weighted by atomic mass is 9.97. The van der Waals surface area contributed by atoms with Gasteiger partial charge in [0.15, 0.2) is 5.82 Å². The van der Waals surface area contributed by atoms with E-state index in [2.05, 4.69) is 30.9 Å². The third kappa shape index (κ3) is 7.09. The number of fused-ring (bicyclic) bond motifs is 2. The van der Waals surface area contributed by atoms with Crippen LogP contribution in [-0.4, -0.2) is 80.9 Å². The van der Waals surface area contributed by atoms with Crippen molar-refractivity contribution in [2.45, 2.75) is 46.5 Å². The van der Waals surface area contributed by atoms with Crippen LogP contribution in [0, 0.1) is 6.92 Å². The van der Waals surface area contributed by atoms with Gasteiger partial charge in [-0.15, -0.1) is 0 Å². The summed E-state index contributed by atoms with van der Waals surface area (Å²) in [6.07, 6.45) is 3.50. The van der Waals surface area contributed by atoms with Crippen LogP contribution >= 0.6 is 0 Å². The van der Waals surface area contributed by atoms with E-state index in [9.17, 15) is 4.79 Å². The average Bonchev–Trinajstić information content (AvgIpc) is 3.40. The molecule has 234 valence electrons. The lowest BCUT2D eigenvalue weighted by Crippen LogP contribution is -2.29. The SMILES string of the molecule is CCOCCOCCOc1ccccc1C1=Nn2c(nc3c(c2=O)CCCC3)C1=Nc1ccc(N(CC)CCOC)cc1C. The van der Waals surface area contributed by atoms with Gasteiger partial charge in [-0.2, -0.15) is 9.78 Å². The first-order valence-electron chi connectivity index (χ1n) is 15.6. The minimum absolute atomic E-state index is 0.114. The Morgan fingerprint density at radius 1 is 0.977 bits per heavy atom. The van der Waals surface area contributed by atoms with Crippen LogP contribution in [0.15, 0.2) is 57.4 Å². The van der Waals surface area contributed by atoms with Gasteiger partial charge in [-0.1, -0.05) is 12.1 Å². The van der Waals surface area contributed by atoms with E-state index in [1.165, 1.54) is 4.68 Å². The van der Waals surface area contributed by atoms with Crippen molar-refractivity contribution in [3.8, 4) is 5.75 Å². The second kappa shape index (κ2) is 15.2. The number of benzene rings is 2. The van der Waals surface area contributed by atoms with E-state index in [0.29, 0.717) is 62.6 Å². The van der Waals surface area contributed by atoms with E-state index >= 15 is 0 Å². The first-order valence-corrected chi connectivity index (χ1v) is 15.6. The number of aliphatic imine (C=N–C) groups is 1. The lowest BCUT2D eigenvalue weighted by molar-refractivity contribution is 0.0404. The number of methoxy groups -OCH3 is 1. The minimum Gasteiger partial charge on any atom is -0.490 e. The topological polar surface area (TPSA) is 99.8 Å². The molecule has 2 aliphatic rings. The summed E-state index contributed by atoms with van der Waals surface area (Å²) in [5.74, 6) is 1.11. The van der Waals surface area contributed by atoms with Crippen LogP contribution in [0.3, 0.4) is 0 Å². The molecule has 0 N–H and O–H groups in total. The molecule has 0 unspecified atom stereocenters. The second-order valence-corrected chi connectivity index (χ2v) is 10.8. The molecule has 1 aliphatic carbocycles. The molecule has 0 fully saturated rings. The third-order valence-electron chi connectivity index (χ3n) is 7.90. The molecular formula is C34H43N5O5. The number of aromatic nitrogens is 2. The van der Waals surface area contributed by atoms with Crippen LogP contribution in [0.25, 0.3) is 0 Å². The fourth-order valence-corrected chi connectivity index (χ4v) is 5.54. The molecule has 10 heteroatoms. The standard InChI is InChI=1S/C34H43N5O5/c1-5-38(17-18-41-4)25-15-16-28(24(3)23-25)35-32-31(37-39-33(32)36-29-13-9-7-11-26(29)34(39)40)27-12-8-10-14-30(27)44-22-21-43-20-19-42-6-2/h8,10,12,14-16,23H,5-7,9,11,13,17-22H2,1-4H3. The summed E-state index contributed by atoms with van der Waals surface area (Å²) in [4.78, 5) is 26.1. The zero-order valence-electron chi connectivity index (χ0n) is 26.3. The quantitative estimate of drug-likeness (QED) is 0.233. The van der Waals surface area contributed by atoms with Gasteiger partial charge in [0.25, 0.3) is 5.56 Å². The Kier molecular flexibility index (Phi) is 10.9. The highest BCUT2D eigenvalue weighted by Gasteiger charge is 2.32. The third-order valence-corrected chi connectivity index (χ3v) is 7.90. The molecule has 0 amide bonds. The van der Waals surface area contributed by atoms with E-state index in [-0.39, 0.29) is 5.56 Å². The molecule has 0 atom stereocenters. The number of rotatable bonds is 15. The van der Waals surface area contributed by atoms with Crippen LogP contribution in [0.5, 0.6) is 5.75 Å². The predicted molar refractivity (Wildman–Crippen MR) is 173 cm³/mol. The zero-order valence-corrected chi connectivity index (χ0v) is 26.3. The Bertz CT molecular complexity index is 1560. The van der Waals surface area contributed by atoms with Gasteiger partial charge >= 0.3 is 0 Å². The zero-order chi connectivity index (χ0) is 30.9. The van der Waals surface area contributed by atoms with E-state index in [1.54, 1.807) is 7.11 Å². The molecule has 2 aromatic carbocycles. The van der Waals surface area contributed by atoms with E-state index in [0.717, 1.165) is 72.5 Å². The Morgan fingerprint density at radius 2 is 1.77 bits per heavy atom. The molecule has 10 nitrogen and oxygen atoms in total. The number of anilines is 1. The van der Waals surface area contributed by atoms with Crippen molar-refractivity contribution in [3.05, 3.63) is 81.0 Å². The van der Waals surface area contributed by atoms with Crippen molar-refractivity contribution in [3.63, 3.8) is 0 Å². The first kappa shape index (κ1) is 31.6. The molecule has 0 saturated carbocycles. The molecule has 5 rings (SSSR count). The van der Waals surface area contributed by atoms with E-state index in [4.69, 9.17) is 34.0 Å². The second-order valence-electron chi connectivity index (χ2n) is 10.8. The van der Waals surface area contributed by atoms with Crippen molar-refractivity contribution >= 4 is 22.8 Å². The maximum absolute atomic E-state index is 13.7. The van der Waals surface area contributed by atoms with Crippen molar-refractivity contribution < 1.29 is 18.9 Å². The number of para-hydroxylation sites is 1. The van der Waals surface area contributed by atoms with Crippen LogP contribution in [0.2, 0.25) is 0 Å². The van der Waals surface area contributed by atoms with Crippen molar-refractivity contribution in [2.75, 3.05) is 64.7 Å². The van der Waals surface area contributed by atoms with Gasteiger partial charge in [0.2, 0.25) is 0 Å². The summed E-state index contributed by atoms with van der Waals surface area (Å²) >= 11 is 0. The van der Waals surface area contributed by atoms with Crippen LogP contribution in [0.1, 0.15) is 54.9 Å². The normalized spacial score (nSPS) is 14.8. The van der Waals surface area contributed by atoms with Gasteiger partial charge in [-0.25, -0.2) is 9.98 Å². The largest absolute Gasteiger partial charge is 0.490 e.